The number of carboxylic acids is 2. The fourth-order valence-electron chi connectivity index (χ4n) is 5.36. The van der Waals surface area contributed by atoms with Gasteiger partial charge in [0.05, 0.1) is 18.5 Å². The van der Waals surface area contributed by atoms with Crippen LogP contribution in [-0.4, -0.2) is 98.7 Å². The van der Waals surface area contributed by atoms with E-state index in [1.54, 1.807) is 58.9 Å². The van der Waals surface area contributed by atoms with Gasteiger partial charge >= 0.3 is 11.9 Å². The number of amides is 5. The normalized spacial score (nSPS) is 14.7. The van der Waals surface area contributed by atoms with E-state index >= 15 is 0 Å². The van der Waals surface area contributed by atoms with Gasteiger partial charge in [0.15, 0.2) is 5.58 Å². The minimum Gasteiger partial charge on any atom is -0.481 e. The average Bonchev–Trinajstić information content (AvgIpc) is 3.53. The lowest BCUT2D eigenvalue weighted by molar-refractivity contribution is -0.141. The molecule has 54 heavy (non-hydrogen) atoms. The van der Waals surface area contributed by atoms with Crippen molar-refractivity contribution in [2.24, 2.45) is 23.5 Å². The highest BCUT2D eigenvalue weighted by Gasteiger charge is 2.36. The molecule has 0 bridgehead atoms. The predicted molar refractivity (Wildman–Crippen MR) is 195 cm³/mol. The number of carbonyl (C=O) groups excluding carboxylic acids is 6. The number of fused-ring (bicyclic) bond motifs is 1. The van der Waals surface area contributed by atoms with E-state index in [0.29, 0.717) is 11.1 Å². The molecule has 1 aromatic carbocycles. The van der Waals surface area contributed by atoms with Crippen LogP contribution < -0.4 is 32.3 Å². The number of ketones is 1. The molecule has 9 N–H and O–H groups in total. The molecule has 18 nitrogen and oxygen atoms in total. The quantitative estimate of drug-likeness (QED) is 0.0775. The van der Waals surface area contributed by atoms with E-state index < -0.39 is 108 Å². The molecular weight excluding hydrogens is 706 g/mol. The minimum absolute atomic E-state index is 0.0764. The standard InChI is InChI=1S/C36H53N7O11/c1-8-21(30(48)36-41-22-11-9-10-12-25(22)54-36)38-32(50)23(15-17(2)3)40-34(52)28(18(4)5)43-35(53)29(19(6)7)42-33(51)24(16-27(46)47)39-31(49)20(37)13-14-26(44)45/h9-12,17-21,23-24,28-29H,8,13-16,37H2,1-7H3,(H,38,50)(H,39,49)(H,40,52)(H,42,51)(H,43,53)(H,44,45)(H,46,47)/t20-,21-,23-,24-,28-,29-/m0/s1. The SMILES string of the molecule is CC[C@H](NC(=O)[C@H](CC(C)C)NC(=O)[C@@H](NC(=O)[C@@H](NC(=O)[C@H](CC(=O)O)NC(=O)[C@@H](N)CCC(=O)O)C(C)C)C(C)C)C(=O)c1nc2ccccc2o1. The van der Waals surface area contributed by atoms with Crippen LogP contribution in [0.15, 0.2) is 28.7 Å². The van der Waals surface area contributed by atoms with Crippen molar-refractivity contribution < 1.29 is 53.0 Å². The number of oxazole rings is 1. The van der Waals surface area contributed by atoms with Crippen molar-refractivity contribution in [3.8, 4) is 0 Å². The highest BCUT2D eigenvalue weighted by molar-refractivity contribution is 6.01. The molecule has 2 rings (SSSR count). The van der Waals surface area contributed by atoms with Gasteiger partial charge in [0, 0.05) is 6.42 Å². The molecule has 0 aliphatic heterocycles. The third kappa shape index (κ3) is 13.5. The summed E-state index contributed by atoms with van der Waals surface area (Å²) in [7, 11) is 0. The van der Waals surface area contributed by atoms with E-state index in [4.69, 9.17) is 15.3 Å². The van der Waals surface area contributed by atoms with E-state index in [0.717, 1.165) is 0 Å². The molecule has 0 saturated heterocycles. The monoisotopic (exact) mass is 759 g/mol. The lowest BCUT2D eigenvalue weighted by Gasteiger charge is -2.30. The molecule has 0 radical (unpaired) electrons. The molecule has 0 spiro atoms. The van der Waals surface area contributed by atoms with Crippen LogP contribution in [0.3, 0.4) is 0 Å². The van der Waals surface area contributed by atoms with E-state index in [2.05, 4.69) is 31.6 Å². The second kappa shape index (κ2) is 20.7. The van der Waals surface area contributed by atoms with Gasteiger partial charge in [-0.15, -0.1) is 0 Å². The van der Waals surface area contributed by atoms with E-state index in [1.807, 2.05) is 13.8 Å². The molecule has 1 aromatic heterocycles. The fraction of sp³-hybridized carbons (Fsp3) is 0.583. The lowest BCUT2D eigenvalue weighted by Crippen LogP contribution is -2.61. The summed E-state index contributed by atoms with van der Waals surface area (Å²) in [5.74, 6) is -8.68. The number of hydrogen-bond donors (Lipinski definition) is 8. The second-order valence-electron chi connectivity index (χ2n) is 14.2. The molecule has 0 fully saturated rings. The van der Waals surface area contributed by atoms with Gasteiger partial charge in [0.25, 0.3) is 5.89 Å². The van der Waals surface area contributed by atoms with Gasteiger partial charge in [-0.3, -0.25) is 38.4 Å². The third-order valence-electron chi connectivity index (χ3n) is 8.40. The number of aliphatic carboxylic acids is 2. The molecule has 0 aliphatic rings. The molecule has 0 saturated carbocycles. The Bertz CT molecular complexity index is 1640. The maximum atomic E-state index is 13.7. The largest absolute Gasteiger partial charge is 0.481 e. The molecule has 0 aliphatic carbocycles. The zero-order valence-corrected chi connectivity index (χ0v) is 31.6. The summed E-state index contributed by atoms with van der Waals surface area (Å²) in [5, 5.41) is 30.9. The van der Waals surface area contributed by atoms with Crippen LogP contribution in [0.4, 0.5) is 0 Å². The average molecular weight is 760 g/mol. The number of carboxylic acid groups (broad SMARTS) is 2. The summed E-state index contributed by atoms with van der Waals surface area (Å²) in [6, 6.07) is -0.812. The van der Waals surface area contributed by atoms with E-state index in [9.17, 15) is 43.5 Å². The van der Waals surface area contributed by atoms with Crippen molar-refractivity contribution in [3.63, 3.8) is 0 Å². The van der Waals surface area contributed by atoms with Gasteiger partial charge in [0.2, 0.25) is 35.3 Å². The molecule has 6 atom stereocenters. The van der Waals surface area contributed by atoms with Crippen molar-refractivity contribution in [2.75, 3.05) is 0 Å². The number of rotatable bonds is 22. The Balaban J connectivity index is 2.20. The smallest absolute Gasteiger partial charge is 0.305 e. The van der Waals surface area contributed by atoms with Crippen LogP contribution in [0, 0.1) is 17.8 Å². The maximum absolute atomic E-state index is 13.7. The molecule has 0 unspecified atom stereocenters. The van der Waals surface area contributed by atoms with Crippen molar-refractivity contribution in [1.82, 2.24) is 31.6 Å². The van der Waals surface area contributed by atoms with Gasteiger partial charge in [-0.25, -0.2) is 4.98 Å². The maximum Gasteiger partial charge on any atom is 0.305 e. The Morgan fingerprint density at radius 1 is 0.704 bits per heavy atom. The van der Waals surface area contributed by atoms with Crippen molar-refractivity contribution in [3.05, 3.63) is 30.2 Å². The van der Waals surface area contributed by atoms with Gasteiger partial charge in [-0.05, 0) is 49.1 Å². The van der Waals surface area contributed by atoms with Crippen LogP contribution in [0.2, 0.25) is 0 Å². The predicted octanol–water partition coefficient (Wildman–Crippen LogP) is 0.869. The molecule has 298 valence electrons. The van der Waals surface area contributed by atoms with Crippen LogP contribution in [-0.2, 0) is 33.6 Å². The topological polar surface area (TPSA) is 289 Å². The number of aromatic nitrogens is 1. The number of carbonyl (C=O) groups is 8. The zero-order valence-electron chi connectivity index (χ0n) is 31.6. The molecule has 2 aromatic rings. The number of hydrogen-bond acceptors (Lipinski definition) is 11. The Labute approximate surface area is 313 Å². The summed E-state index contributed by atoms with van der Waals surface area (Å²) in [6.45, 7) is 11.9. The Hall–Kier alpha value is -5.39. The van der Waals surface area contributed by atoms with Crippen molar-refractivity contribution in [2.45, 2.75) is 117 Å². The number of nitrogens with one attached hydrogen (secondary N) is 5. The van der Waals surface area contributed by atoms with Crippen molar-refractivity contribution in [1.29, 1.82) is 0 Å². The summed E-state index contributed by atoms with van der Waals surface area (Å²) in [6.07, 6.45) is -1.19. The number of nitrogens with zero attached hydrogens (tertiary/aromatic N) is 1. The number of para-hydroxylation sites is 2. The first kappa shape index (κ1) is 44.8. The zero-order chi connectivity index (χ0) is 40.9. The minimum atomic E-state index is -1.67. The molecule has 1 heterocycles. The first-order valence-electron chi connectivity index (χ1n) is 17.9. The summed E-state index contributed by atoms with van der Waals surface area (Å²) in [5.41, 5.74) is 6.60. The first-order chi connectivity index (χ1) is 25.2. The van der Waals surface area contributed by atoms with Crippen LogP contribution in [0.1, 0.15) is 91.3 Å². The number of benzene rings is 1. The van der Waals surface area contributed by atoms with Crippen LogP contribution in [0.25, 0.3) is 11.1 Å². The van der Waals surface area contributed by atoms with Crippen LogP contribution in [0.5, 0.6) is 0 Å². The fourth-order valence-corrected chi connectivity index (χ4v) is 5.36. The molecular formula is C36H53N7O11. The highest BCUT2D eigenvalue weighted by Crippen LogP contribution is 2.17. The Morgan fingerprint density at radius 2 is 1.22 bits per heavy atom. The Morgan fingerprint density at radius 3 is 1.74 bits per heavy atom. The van der Waals surface area contributed by atoms with Gasteiger partial charge in [-0.2, -0.15) is 0 Å². The third-order valence-corrected chi connectivity index (χ3v) is 8.40. The van der Waals surface area contributed by atoms with Gasteiger partial charge in [-0.1, -0.05) is 60.6 Å². The summed E-state index contributed by atoms with van der Waals surface area (Å²) in [4.78, 5) is 107. The van der Waals surface area contributed by atoms with Gasteiger partial charge in [0.1, 0.15) is 29.7 Å². The summed E-state index contributed by atoms with van der Waals surface area (Å²) < 4.78 is 5.60. The second-order valence-corrected chi connectivity index (χ2v) is 14.2. The van der Waals surface area contributed by atoms with Gasteiger partial charge < -0.3 is 46.9 Å². The Kier molecular flexibility index (Phi) is 17.2. The molecule has 5 amide bonds. The number of Topliss-reactive ketones (excluding diaryl/α,β-unsaturated/α-hetero) is 1. The number of nitrogens with two attached hydrogens (primary N) is 1. The first-order valence-corrected chi connectivity index (χ1v) is 17.9. The van der Waals surface area contributed by atoms with Crippen LogP contribution >= 0.6 is 0 Å². The lowest BCUT2D eigenvalue weighted by atomic mass is 9.97. The summed E-state index contributed by atoms with van der Waals surface area (Å²) >= 11 is 0. The van der Waals surface area contributed by atoms with E-state index in [1.165, 1.54) is 0 Å². The highest BCUT2D eigenvalue weighted by atomic mass is 16.4. The van der Waals surface area contributed by atoms with E-state index in [-0.39, 0.29) is 31.1 Å². The molecule has 18 heteroatoms. The van der Waals surface area contributed by atoms with Crippen molar-refractivity contribution >= 4 is 58.4 Å².